The lowest BCUT2D eigenvalue weighted by atomic mass is 10.0. The van der Waals surface area contributed by atoms with Gasteiger partial charge in [0.05, 0.1) is 23.1 Å². The lowest BCUT2D eigenvalue weighted by Gasteiger charge is -2.41. The molecule has 1 unspecified atom stereocenters. The summed E-state index contributed by atoms with van der Waals surface area (Å²) in [5, 5.41) is 6.16. The first-order valence-corrected chi connectivity index (χ1v) is 16.5. The summed E-state index contributed by atoms with van der Waals surface area (Å²) in [6, 6.07) is 13.4. The van der Waals surface area contributed by atoms with Gasteiger partial charge in [-0.3, -0.25) is 9.69 Å². The van der Waals surface area contributed by atoms with Crippen molar-refractivity contribution >= 4 is 46.9 Å². The van der Waals surface area contributed by atoms with E-state index in [2.05, 4.69) is 15.5 Å². The van der Waals surface area contributed by atoms with Crippen molar-refractivity contribution in [2.75, 3.05) is 57.7 Å². The highest BCUT2D eigenvalue weighted by atomic mass is 35.5. The number of likely N-dealkylation sites (tertiary alicyclic amines) is 2. The van der Waals surface area contributed by atoms with Crippen LogP contribution in [-0.4, -0.2) is 108 Å². The molecule has 2 aromatic carbocycles. The Hall–Kier alpha value is -3.05. The summed E-state index contributed by atoms with van der Waals surface area (Å²) in [5.41, 5.74) is 2.71. The molecule has 0 aliphatic carbocycles. The molecule has 0 saturated carbocycles. The van der Waals surface area contributed by atoms with Crippen LogP contribution in [0.1, 0.15) is 36.8 Å². The highest BCUT2D eigenvalue weighted by molar-refractivity contribution is 6.42. The summed E-state index contributed by atoms with van der Waals surface area (Å²) >= 11 is 12.4. The van der Waals surface area contributed by atoms with Crippen LogP contribution in [0.15, 0.2) is 42.5 Å². The summed E-state index contributed by atoms with van der Waals surface area (Å²) in [4.78, 5) is 48.0. The van der Waals surface area contributed by atoms with Gasteiger partial charge in [0.2, 0.25) is 0 Å². The molecule has 10 nitrogen and oxygen atoms in total. The number of nitrogens with zero attached hydrogens (tertiary/aromatic N) is 4. The van der Waals surface area contributed by atoms with Gasteiger partial charge in [0.25, 0.3) is 5.91 Å². The maximum absolute atomic E-state index is 13.9. The van der Waals surface area contributed by atoms with Crippen molar-refractivity contribution < 1.29 is 24.4 Å². The Bertz CT molecular complexity index is 1360. The number of anilines is 1. The molecule has 3 N–H and O–H groups in total. The van der Waals surface area contributed by atoms with Gasteiger partial charge in [-0.2, -0.15) is 0 Å². The van der Waals surface area contributed by atoms with Crippen LogP contribution in [0, 0.1) is 0 Å². The molecule has 1 atom stereocenters. The van der Waals surface area contributed by atoms with Gasteiger partial charge in [-0.25, -0.2) is 9.59 Å². The van der Waals surface area contributed by atoms with Crippen molar-refractivity contribution in [1.29, 1.82) is 0 Å². The molecule has 4 aliphatic heterocycles. The fourth-order valence-corrected chi connectivity index (χ4v) is 7.25. The molecular weight excluding hydrogens is 603 g/mol. The lowest BCUT2D eigenvalue weighted by Crippen LogP contribution is -2.90. The molecule has 4 amide bonds. The number of amides is 4. The number of piperazine rings is 1. The molecule has 3 fully saturated rings. The van der Waals surface area contributed by atoms with E-state index in [0.717, 1.165) is 55.8 Å². The molecule has 4 aliphatic rings. The number of nitrogens with one attached hydrogen (secondary N) is 1. The number of rotatable bonds is 6. The first-order valence-electron chi connectivity index (χ1n) is 15.7. The third-order valence-electron chi connectivity index (χ3n) is 9.48. The topological polar surface area (TPSA) is 102 Å². The number of carbonyl (C=O) groups excluding carboxylic acids is 3. The molecular formula is C32H41Cl2N6O4+. The molecule has 12 heteroatoms. The molecule has 0 aromatic heterocycles. The number of hydrogen-bond acceptors (Lipinski definition) is 5. The highest BCUT2D eigenvalue weighted by Crippen LogP contribution is 2.29. The number of carbonyl (C=O) groups is 3. The third kappa shape index (κ3) is 7.09. The van der Waals surface area contributed by atoms with Gasteiger partial charge in [-0.1, -0.05) is 47.5 Å². The minimum absolute atomic E-state index is 0.0140. The molecule has 44 heavy (non-hydrogen) atoms. The fourth-order valence-electron chi connectivity index (χ4n) is 6.92. The summed E-state index contributed by atoms with van der Waals surface area (Å²) in [6.45, 7) is 7.14. The van der Waals surface area contributed by atoms with Crippen molar-refractivity contribution in [3.05, 3.63) is 63.6 Å². The van der Waals surface area contributed by atoms with Gasteiger partial charge in [0, 0.05) is 70.0 Å². The van der Waals surface area contributed by atoms with Crippen molar-refractivity contribution in [2.45, 2.75) is 56.8 Å². The predicted octanol–water partition coefficient (Wildman–Crippen LogP) is 3.42. The lowest BCUT2D eigenvalue weighted by molar-refractivity contribution is -0.663. The quantitative estimate of drug-likeness (QED) is 0.502. The van der Waals surface area contributed by atoms with Crippen LogP contribution in [0.4, 0.5) is 15.3 Å². The fraction of sp³-hybridized carbons (Fsp3) is 0.531. The number of hydrogen-bond donors (Lipinski definition) is 2. The highest BCUT2D eigenvalue weighted by Gasteiger charge is 2.36. The average Bonchev–Trinajstić information content (AvgIpc) is 3.06. The van der Waals surface area contributed by atoms with Crippen molar-refractivity contribution in [3.63, 3.8) is 0 Å². The number of ether oxygens (including phenoxy) is 1. The standard InChI is InChI=1S/C32H40Cl2N6O4/c33-26-6-5-22(19-27(26)34)20-29(30(41)38-13-7-24(8-14-38)37-17-11-35-12-18-37)44-32(43)39-15-9-25(10-16-39)40-21-23-3-1-2-4-28(23)36-31(40)42/h1-6,19,24-25,29,35H,7-18,20-21H2,(H,36,42)/p+1. The Morgan fingerprint density at radius 3 is 2.30 bits per heavy atom. The number of nitrogens with two attached hydrogens (primary N) is 1. The number of quaternary nitrogens is 1. The maximum Gasteiger partial charge on any atom is 0.410 e. The Balaban J connectivity index is 1.08. The van der Waals surface area contributed by atoms with E-state index in [0.29, 0.717) is 61.7 Å². The Labute approximate surface area is 268 Å². The second-order valence-corrected chi connectivity index (χ2v) is 13.0. The number of urea groups is 1. The molecule has 6 rings (SSSR count). The van der Waals surface area contributed by atoms with Crippen LogP contribution in [0.2, 0.25) is 10.0 Å². The molecule has 2 aromatic rings. The number of para-hydroxylation sites is 1. The van der Waals surface area contributed by atoms with Crippen LogP contribution in [-0.2, 0) is 22.5 Å². The molecule has 0 radical (unpaired) electrons. The number of fused-ring (bicyclic) bond motifs is 1. The largest absolute Gasteiger partial charge is 0.436 e. The van der Waals surface area contributed by atoms with Crippen LogP contribution in [0.3, 0.4) is 0 Å². The zero-order chi connectivity index (χ0) is 30.6. The van der Waals surface area contributed by atoms with E-state index < -0.39 is 12.2 Å². The van der Waals surface area contributed by atoms with Gasteiger partial charge in [-0.15, -0.1) is 0 Å². The number of piperidine rings is 2. The van der Waals surface area contributed by atoms with Crippen molar-refractivity contribution in [2.24, 2.45) is 0 Å². The monoisotopic (exact) mass is 643 g/mol. The van der Waals surface area contributed by atoms with E-state index in [1.165, 1.54) is 0 Å². The summed E-state index contributed by atoms with van der Waals surface area (Å²) < 4.78 is 5.98. The average molecular weight is 645 g/mol. The molecule has 0 spiro atoms. The molecule has 236 valence electrons. The van der Waals surface area contributed by atoms with Gasteiger partial charge in [0.15, 0.2) is 6.10 Å². The van der Waals surface area contributed by atoms with Crippen LogP contribution >= 0.6 is 23.2 Å². The first kappa shape index (κ1) is 31.0. The predicted molar refractivity (Wildman–Crippen MR) is 169 cm³/mol. The Kier molecular flexibility index (Phi) is 9.80. The number of benzene rings is 2. The van der Waals surface area contributed by atoms with E-state index in [9.17, 15) is 14.4 Å². The second kappa shape index (κ2) is 13.9. The van der Waals surface area contributed by atoms with E-state index in [1.807, 2.05) is 40.1 Å². The van der Waals surface area contributed by atoms with Crippen LogP contribution in [0.5, 0.6) is 0 Å². The minimum Gasteiger partial charge on any atom is -0.436 e. The third-order valence-corrected chi connectivity index (χ3v) is 10.2. The summed E-state index contributed by atoms with van der Waals surface area (Å²) in [7, 11) is 0. The molecule has 4 heterocycles. The zero-order valence-electron chi connectivity index (χ0n) is 24.9. The summed E-state index contributed by atoms with van der Waals surface area (Å²) in [5.74, 6) is -0.173. The maximum atomic E-state index is 13.9. The second-order valence-electron chi connectivity index (χ2n) is 12.2. The van der Waals surface area contributed by atoms with Gasteiger partial charge in [-0.05, 0) is 55.0 Å². The summed E-state index contributed by atoms with van der Waals surface area (Å²) in [6.07, 6.45) is 1.85. The minimum atomic E-state index is -0.969. The zero-order valence-corrected chi connectivity index (χ0v) is 26.4. The van der Waals surface area contributed by atoms with Crippen molar-refractivity contribution in [1.82, 2.24) is 19.6 Å². The van der Waals surface area contributed by atoms with E-state index in [-0.39, 0.29) is 24.4 Å². The molecule has 0 bridgehead atoms. The normalized spacial score (nSPS) is 21.0. The Morgan fingerprint density at radius 2 is 1.57 bits per heavy atom. The van der Waals surface area contributed by atoms with Crippen molar-refractivity contribution in [3.8, 4) is 0 Å². The van der Waals surface area contributed by atoms with E-state index >= 15 is 0 Å². The van der Waals surface area contributed by atoms with Crippen LogP contribution in [0.25, 0.3) is 0 Å². The van der Waals surface area contributed by atoms with E-state index in [4.69, 9.17) is 27.9 Å². The number of halogens is 2. The smallest absolute Gasteiger partial charge is 0.410 e. The first-order chi connectivity index (χ1) is 21.4. The van der Waals surface area contributed by atoms with Gasteiger partial charge in [0.1, 0.15) is 0 Å². The van der Waals surface area contributed by atoms with E-state index in [1.54, 1.807) is 17.0 Å². The SMILES string of the molecule is O=C(OC(Cc1ccc(Cl)c(Cl)c1)C(=O)N1CCC(N2CC[NH2+]CC2)CC1)N1CCC(N2Cc3ccccc3NC2=O)CC1. The molecule has 3 saturated heterocycles. The van der Waals surface area contributed by atoms with Crippen LogP contribution < -0.4 is 10.6 Å². The van der Waals surface area contributed by atoms with Gasteiger partial charge < -0.3 is 30.1 Å². The Morgan fingerprint density at radius 1 is 0.886 bits per heavy atom. The van der Waals surface area contributed by atoms with Gasteiger partial charge >= 0.3 is 12.1 Å².